The van der Waals surface area contributed by atoms with E-state index in [1.807, 2.05) is 5.32 Å². The Labute approximate surface area is 123 Å². The zero-order valence-electron chi connectivity index (χ0n) is 11.1. The van der Waals surface area contributed by atoms with Gasteiger partial charge in [-0.3, -0.25) is 10.1 Å². The molecule has 0 aromatic heterocycles. The first kappa shape index (κ1) is 17.2. The van der Waals surface area contributed by atoms with Crippen LogP contribution in [0, 0.1) is 0 Å². The molecule has 5 nitrogen and oxygen atoms in total. The Hall–Kier alpha value is -1.90. The van der Waals surface area contributed by atoms with Crippen molar-refractivity contribution >= 4 is 29.4 Å². The number of carbonyl (C=O) groups is 2. The summed E-state index contributed by atoms with van der Waals surface area (Å²) in [6, 6.07) is 5.67. The molecule has 1 rings (SSSR count). The zero-order chi connectivity index (χ0) is 15.9. The van der Waals surface area contributed by atoms with Gasteiger partial charge in [0.15, 0.2) is 0 Å². The van der Waals surface area contributed by atoms with Crippen molar-refractivity contribution in [2.75, 3.05) is 24.7 Å². The lowest BCUT2D eigenvalue weighted by molar-refractivity contribution is -0.118. The standard InChI is InChI=1S/C12H14F3N3O2S/c1-16-11(20)18-10(19)6-17-8-4-2-3-5-9(8)21-7-12(13,14)15/h2-5,17H,6-7H2,1H3,(H2,16,18,19,20). The van der Waals surface area contributed by atoms with Gasteiger partial charge in [0, 0.05) is 17.6 Å². The van der Waals surface area contributed by atoms with Gasteiger partial charge in [0.1, 0.15) is 0 Å². The van der Waals surface area contributed by atoms with E-state index in [2.05, 4.69) is 10.6 Å². The third-order valence-corrected chi connectivity index (χ3v) is 3.34. The maximum absolute atomic E-state index is 12.2. The highest BCUT2D eigenvalue weighted by atomic mass is 32.2. The van der Waals surface area contributed by atoms with E-state index < -0.39 is 23.9 Å². The van der Waals surface area contributed by atoms with Gasteiger partial charge >= 0.3 is 12.2 Å². The number of nitrogens with one attached hydrogen (secondary N) is 3. The highest BCUT2D eigenvalue weighted by Gasteiger charge is 2.27. The van der Waals surface area contributed by atoms with Crippen molar-refractivity contribution in [1.82, 2.24) is 10.6 Å². The van der Waals surface area contributed by atoms with Crippen molar-refractivity contribution in [1.29, 1.82) is 0 Å². The monoisotopic (exact) mass is 321 g/mol. The number of para-hydroxylation sites is 1. The quantitative estimate of drug-likeness (QED) is 0.727. The summed E-state index contributed by atoms with van der Waals surface area (Å²) in [6.07, 6.45) is -4.27. The number of benzene rings is 1. The first-order valence-corrected chi connectivity index (χ1v) is 6.84. The second-order valence-electron chi connectivity index (χ2n) is 3.88. The Bertz CT molecular complexity index is 509. The molecule has 3 N–H and O–H groups in total. The van der Waals surface area contributed by atoms with E-state index in [4.69, 9.17) is 0 Å². The maximum Gasteiger partial charge on any atom is 0.398 e. The van der Waals surface area contributed by atoms with Crippen molar-refractivity contribution in [3.8, 4) is 0 Å². The average molecular weight is 321 g/mol. The van der Waals surface area contributed by atoms with Gasteiger partial charge in [-0.1, -0.05) is 12.1 Å². The SMILES string of the molecule is CNC(=O)NC(=O)CNc1ccccc1SCC(F)(F)F. The van der Waals surface area contributed by atoms with Gasteiger partial charge in [-0.05, 0) is 12.1 Å². The van der Waals surface area contributed by atoms with Crippen molar-refractivity contribution < 1.29 is 22.8 Å². The van der Waals surface area contributed by atoms with E-state index in [1.165, 1.54) is 13.1 Å². The number of thioether (sulfide) groups is 1. The van der Waals surface area contributed by atoms with Gasteiger partial charge in [-0.2, -0.15) is 13.2 Å². The molecule has 0 aliphatic carbocycles. The van der Waals surface area contributed by atoms with Crippen molar-refractivity contribution in [3.63, 3.8) is 0 Å². The number of imide groups is 1. The summed E-state index contributed by atoms with van der Waals surface area (Å²) in [4.78, 5) is 22.7. The lowest BCUT2D eigenvalue weighted by atomic mass is 10.3. The van der Waals surface area contributed by atoms with Gasteiger partial charge in [0.2, 0.25) is 5.91 Å². The van der Waals surface area contributed by atoms with Crippen molar-refractivity contribution in [3.05, 3.63) is 24.3 Å². The smallest absolute Gasteiger partial charge is 0.375 e. The molecule has 1 aromatic rings. The Kier molecular flexibility index (Phi) is 6.35. The molecule has 0 aliphatic rings. The highest BCUT2D eigenvalue weighted by Crippen LogP contribution is 2.31. The minimum atomic E-state index is -4.27. The van der Waals surface area contributed by atoms with Gasteiger partial charge in [0.25, 0.3) is 0 Å². The molecule has 0 spiro atoms. The van der Waals surface area contributed by atoms with Gasteiger partial charge in [-0.25, -0.2) is 4.79 Å². The van der Waals surface area contributed by atoms with E-state index in [0.29, 0.717) is 22.3 Å². The lowest BCUT2D eigenvalue weighted by Crippen LogP contribution is -2.40. The molecule has 3 amide bonds. The topological polar surface area (TPSA) is 70.2 Å². The largest absolute Gasteiger partial charge is 0.398 e. The number of rotatable bonds is 5. The molecule has 0 aliphatic heterocycles. The molecule has 0 radical (unpaired) electrons. The van der Waals surface area contributed by atoms with Crippen LogP contribution in [0.25, 0.3) is 0 Å². The Morgan fingerprint density at radius 3 is 2.52 bits per heavy atom. The highest BCUT2D eigenvalue weighted by molar-refractivity contribution is 7.99. The second-order valence-corrected chi connectivity index (χ2v) is 4.90. The first-order valence-electron chi connectivity index (χ1n) is 5.86. The molecule has 0 saturated carbocycles. The summed E-state index contributed by atoms with van der Waals surface area (Å²) in [6.45, 7) is -0.225. The van der Waals surface area contributed by atoms with Crippen LogP contribution in [-0.2, 0) is 4.79 Å². The number of anilines is 1. The second kappa shape index (κ2) is 7.77. The summed E-state index contributed by atoms with van der Waals surface area (Å²) in [5.74, 6) is -1.61. The fourth-order valence-corrected chi connectivity index (χ4v) is 2.10. The summed E-state index contributed by atoms with van der Waals surface area (Å²) in [5, 5.41) is 6.95. The average Bonchev–Trinajstić information content (AvgIpc) is 2.42. The number of halogens is 3. The van der Waals surface area contributed by atoms with Crippen LogP contribution in [0.4, 0.5) is 23.7 Å². The Balaban J connectivity index is 2.59. The summed E-state index contributed by atoms with van der Waals surface area (Å²) in [7, 11) is 1.36. The predicted octanol–water partition coefficient (Wildman–Crippen LogP) is 2.21. The molecule has 1 aromatic carbocycles. The minimum Gasteiger partial charge on any atom is -0.375 e. The van der Waals surface area contributed by atoms with Crippen LogP contribution in [0.5, 0.6) is 0 Å². The molecular formula is C12H14F3N3O2S. The fraction of sp³-hybridized carbons (Fsp3) is 0.333. The minimum absolute atomic E-state index is 0.225. The number of hydrogen-bond donors (Lipinski definition) is 3. The fourth-order valence-electron chi connectivity index (χ4n) is 1.31. The van der Waals surface area contributed by atoms with E-state index in [1.54, 1.807) is 18.2 Å². The first-order chi connectivity index (χ1) is 9.81. The summed E-state index contributed by atoms with van der Waals surface area (Å²) < 4.78 is 36.7. The molecular weight excluding hydrogens is 307 g/mol. The Morgan fingerprint density at radius 2 is 1.90 bits per heavy atom. The molecule has 0 saturated heterocycles. The van der Waals surface area contributed by atoms with E-state index in [-0.39, 0.29) is 6.54 Å². The van der Waals surface area contributed by atoms with Crippen LogP contribution in [-0.4, -0.2) is 37.5 Å². The Morgan fingerprint density at radius 1 is 1.24 bits per heavy atom. The molecule has 0 fully saturated rings. The van der Waals surface area contributed by atoms with Crippen LogP contribution >= 0.6 is 11.8 Å². The number of urea groups is 1. The van der Waals surface area contributed by atoms with E-state index in [9.17, 15) is 22.8 Å². The summed E-state index contributed by atoms with van der Waals surface area (Å²) >= 11 is 0.626. The number of alkyl halides is 3. The van der Waals surface area contributed by atoms with Gasteiger partial charge in [0.05, 0.1) is 12.3 Å². The molecule has 9 heteroatoms. The van der Waals surface area contributed by atoms with Crippen LogP contribution in [0.3, 0.4) is 0 Å². The summed E-state index contributed by atoms with van der Waals surface area (Å²) in [5.41, 5.74) is 0.402. The van der Waals surface area contributed by atoms with E-state index in [0.717, 1.165) is 0 Å². The van der Waals surface area contributed by atoms with Gasteiger partial charge in [-0.15, -0.1) is 11.8 Å². The molecule has 0 atom stereocenters. The van der Waals surface area contributed by atoms with Crippen LogP contribution in [0.15, 0.2) is 29.2 Å². The normalized spacial score (nSPS) is 10.9. The lowest BCUT2D eigenvalue weighted by Gasteiger charge is -2.12. The molecule has 0 unspecified atom stereocenters. The third-order valence-electron chi connectivity index (χ3n) is 2.20. The van der Waals surface area contributed by atoms with E-state index >= 15 is 0 Å². The molecule has 0 heterocycles. The molecule has 116 valence electrons. The van der Waals surface area contributed by atoms with Crippen LogP contribution in [0.1, 0.15) is 0 Å². The van der Waals surface area contributed by atoms with Gasteiger partial charge < -0.3 is 10.6 Å². The van der Waals surface area contributed by atoms with Crippen molar-refractivity contribution in [2.24, 2.45) is 0 Å². The number of hydrogen-bond acceptors (Lipinski definition) is 4. The molecule has 21 heavy (non-hydrogen) atoms. The van der Waals surface area contributed by atoms with Crippen LogP contribution < -0.4 is 16.0 Å². The third kappa shape index (κ3) is 6.89. The van der Waals surface area contributed by atoms with Crippen molar-refractivity contribution in [2.45, 2.75) is 11.1 Å². The zero-order valence-corrected chi connectivity index (χ0v) is 11.9. The van der Waals surface area contributed by atoms with Crippen LogP contribution in [0.2, 0.25) is 0 Å². The predicted molar refractivity (Wildman–Crippen MR) is 74.3 cm³/mol. The molecule has 0 bridgehead atoms. The maximum atomic E-state index is 12.2. The number of amides is 3. The number of carbonyl (C=O) groups excluding carboxylic acids is 2.